The monoisotopic (exact) mass is 334 g/mol. The van der Waals surface area contributed by atoms with E-state index in [4.69, 9.17) is 10.5 Å². The SMILES string of the molecule is COC(CN)CC(=O)NCCS(=O)Cc1ccccc1.Cl. The number of nitrogens with one attached hydrogen (secondary N) is 1. The molecule has 0 aliphatic carbocycles. The third kappa shape index (κ3) is 8.83. The second kappa shape index (κ2) is 11.7. The van der Waals surface area contributed by atoms with Gasteiger partial charge in [-0.25, -0.2) is 0 Å². The van der Waals surface area contributed by atoms with E-state index in [9.17, 15) is 9.00 Å². The van der Waals surface area contributed by atoms with Gasteiger partial charge in [0.2, 0.25) is 5.91 Å². The van der Waals surface area contributed by atoms with Crippen LogP contribution in [0.3, 0.4) is 0 Å². The number of rotatable bonds is 9. The average molecular weight is 335 g/mol. The predicted molar refractivity (Wildman–Crippen MR) is 87.9 cm³/mol. The lowest BCUT2D eigenvalue weighted by Gasteiger charge is -2.12. The van der Waals surface area contributed by atoms with Gasteiger partial charge >= 0.3 is 0 Å². The molecule has 1 aromatic carbocycles. The summed E-state index contributed by atoms with van der Waals surface area (Å²) in [5, 5.41) is 2.73. The van der Waals surface area contributed by atoms with Gasteiger partial charge in [-0.3, -0.25) is 9.00 Å². The molecule has 2 unspecified atom stereocenters. The fraction of sp³-hybridized carbons (Fsp3) is 0.500. The smallest absolute Gasteiger partial charge is 0.222 e. The molecule has 0 bridgehead atoms. The largest absolute Gasteiger partial charge is 0.380 e. The molecule has 0 fully saturated rings. The minimum absolute atomic E-state index is 0. The quantitative estimate of drug-likeness (QED) is 0.701. The summed E-state index contributed by atoms with van der Waals surface area (Å²) < 4.78 is 16.9. The molecule has 0 aromatic heterocycles. The van der Waals surface area contributed by atoms with Crippen LogP contribution in [0.2, 0.25) is 0 Å². The molecule has 0 saturated heterocycles. The predicted octanol–water partition coefficient (Wildman–Crippen LogP) is 0.837. The summed E-state index contributed by atoms with van der Waals surface area (Å²) in [7, 11) is 0.553. The van der Waals surface area contributed by atoms with Gasteiger partial charge in [0.05, 0.1) is 12.5 Å². The van der Waals surface area contributed by atoms with Crippen molar-refractivity contribution in [1.29, 1.82) is 0 Å². The Morgan fingerprint density at radius 3 is 2.62 bits per heavy atom. The van der Waals surface area contributed by atoms with Crippen molar-refractivity contribution in [2.45, 2.75) is 18.3 Å². The molecule has 3 N–H and O–H groups in total. The summed E-state index contributed by atoms with van der Waals surface area (Å²) in [6.45, 7) is 0.711. The number of nitrogens with two attached hydrogens (primary N) is 1. The lowest BCUT2D eigenvalue weighted by atomic mass is 10.2. The highest BCUT2D eigenvalue weighted by Crippen LogP contribution is 2.02. The molecule has 1 amide bonds. The van der Waals surface area contributed by atoms with E-state index in [1.807, 2.05) is 30.3 Å². The van der Waals surface area contributed by atoms with Gasteiger partial charge in [0.25, 0.3) is 0 Å². The lowest BCUT2D eigenvalue weighted by molar-refractivity contribution is -0.123. The highest BCUT2D eigenvalue weighted by molar-refractivity contribution is 7.84. The van der Waals surface area contributed by atoms with Crippen molar-refractivity contribution in [3.05, 3.63) is 35.9 Å². The van der Waals surface area contributed by atoms with E-state index in [0.29, 0.717) is 24.6 Å². The van der Waals surface area contributed by atoms with Gasteiger partial charge in [0.15, 0.2) is 0 Å². The van der Waals surface area contributed by atoms with Crippen molar-refractivity contribution in [3.63, 3.8) is 0 Å². The van der Waals surface area contributed by atoms with Crippen molar-refractivity contribution in [3.8, 4) is 0 Å². The number of benzene rings is 1. The minimum atomic E-state index is -0.974. The van der Waals surface area contributed by atoms with E-state index < -0.39 is 10.8 Å². The van der Waals surface area contributed by atoms with Crippen LogP contribution in [0, 0.1) is 0 Å². The zero-order valence-corrected chi connectivity index (χ0v) is 13.8. The van der Waals surface area contributed by atoms with Gasteiger partial charge in [-0.1, -0.05) is 30.3 Å². The Labute approximate surface area is 134 Å². The second-order valence-electron chi connectivity index (χ2n) is 4.42. The normalized spacial score (nSPS) is 13.0. The fourth-order valence-electron chi connectivity index (χ4n) is 1.68. The Hall–Kier alpha value is -0.950. The molecule has 0 aliphatic heterocycles. The van der Waals surface area contributed by atoms with Crippen molar-refractivity contribution >= 4 is 29.1 Å². The van der Waals surface area contributed by atoms with E-state index in [1.54, 1.807) is 0 Å². The van der Waals surface area contributed by atoms with Crippen molar-refractivity contribution in [1.82, 2.24) is 5.32 Å². The summed E-state index contributed by atoms with van der Waals surface area (Å²) in [6, 6.07) is 9.66. The van der Waals surface area contributed by atoms with Gasteiger partial charge in [0.1, 0.15) is 0 Å². The van der Waals surface area contributed by atoms with E-state index in [2.05, 4.69) is 5.32 Å². The van der Waals surface area contributed by atoms with Crippen LogP contribution in [0.4, 0.5) is 0 Å². The molecule has 2 atom stereocenters. The van der Waals surface area contributed by atoms with Crippen LogP contribution in [0.15, 0.2) is 30.3 Å². The van der Waals surface area contributed by atoms with Gasteiger partial charge in [-0.2, -0.15) is 0 Å². The molecule has 1 aromatic rings. The molecule has 0 heterocycles. The number of methoxy groups -OCH3 is 1. The first-order valence-electron chi connectivity index (χ1n) is 6.54. The lowest BCUT2D eigenvalue weighted by Crippen LogP contribution is -2.34. The average Bonchev–Trinajstić information content (AvgIpc) is 2.45. The van der Waals surface area contributed by atoms with E-state index >= 15 is 0 Å². The van der Waals surface area contributed by atoms with Crippen LogP contribution >= 0.6 is 12.4 Å². The maximum atomic E-state index is 11.8. The number of amides is 1. The van der Waals surface area contributed by atoms with Crippen LogP contribution in [-0.2, 0) is 26.1 Å². The first kappa shape index (κ1) is 20.1. The van der Waals surface area contributed by atoms with Crippen LogP contribution in [0.25, 0.3) is 0 Å². The topological polar surface area (TPSA) is 81.4 Å². The van der Waals surface area contributed by atoms with E-state index in [1.165, 1.54) is 7.11 Å². The number of carbonyl (C=O) groups is 1. The van der Waals surface area contributed by atoms with Gasteiger partial charge in [0, 0.05) is 42.5 Å². The third-order valence-corrected chi connectivity index (χ3v) is 4.15. The minimum Gasteiger partial charge on any atom is -0.380 e. The van der Waals surface area contributed by atoms with E-state index in [0.717, 1.165) is 5.56 Å². The molecule has 0 radical (unpaired) electrons. The molecule has 7 heteroatoms. The summed E-state index contributed by atoms with van der Waals surface area (Å²) in [5.41, 5.74) is 6.48. The molecular formula is C14H23ClN2O3S. The van der Waals surface area contributed by atoms with Crippen LogP contribution in [0.5, 0.6) is 0 Å². The zero-order valence-electron chi connectivity index (χ0n) is 12.1. The van der Waals surface area contributed by atoms with Crippen molar-refractivity contribution < 1.29 is 13.7 Å². The summed E-state index contributed by atoms with van der Waals surface area (Å²) in [4.78, 5) is 11.6. The maximum absolute atomic E-state index is 11.8. The fourth-order valence-corrected chi connectivity index (χ4v) is 2.72. The van der Waals surface area contributed by atoms with Crippen LogP contribution < -0.4 is 11.1 Å². The third-order valence-electron chi connectivity index (χ3n) is 2.83. The highest BCUT2D eigenvalue weighted by Gasteiger charge is 2.11. The van der Waals surface area contributed by atoms with E-state index in [-0.39, 0.29) is 30.8 Å². The number of hydrogen-bond acceptors (Lipinski definition) is 4. The Kier molecular flexibility index (Phi) is 11.2. The Morgan fingerprint density at radius 2 is 2.05 bits per heavy atom. The summed E-state index contributed by atoms with van der Waals surface area (Å²) in [5.74, 6) is 0.834. The first-order valence-corrected chi connectivity index (χ1v) is 8.03. The first-order chi connectivity index (χ1) is 9.65. The highest BCUT2D eigenvalue weighted by atomic mass is 35.5. The Balaban J connectivity index is 0.00000400. The zero-order chi connectivity index (χ0) is 14.8. The Bertz CT molecular complexity index is 427. The van der Waals surface area contributed by atoms with Crippen molar-refractivity contribution in [2.24, 2.45) is 5.73 Å². The van der Waals surface area contributed by atoms with Crippen molar-refractivity contribution in [2.75, 3.05) is 26.0 Å². The second-order valence-corrected chi connectivity index (χ2v) is 6.00. The molecule has 0 aliphatic rings. The molecule has 0 spiro atoms. The molecular weight excluding hydrogens is 312 g/mol. The van der Waals surface area contributed by atoms with Crippen LogP contribution in [0.1, 0.15) is 12.0 Å². The molecule has 21 heavy (non-hydrogen) atoms. The van der Waals surface area contributed by atoms with Gasteiger partial charge < -0.3 is 15.8 Å². The standard InChI is InChI=1S/C14H22N2O3S.ClH/c1-19-13(10-15)9-14(17)16-7-8-20(18)11-12-5-3-2-4-6-12;/h2-6,13H,7-11,15H2,1H3,(H,16,17);1H. The van der Waals surface area contributed by atoms with Gasteiger partial charge in [-0.05, 0) is 5.56 Å². The number of hydrogen-bond donors (Lipinski definition) is 2. The maximum Gasteiger partial charge on any atom is 0.222 e. The van der Waals surface area contributed by atoms with Gasteiger partial charge in [-0.15, -0.1) is 12.4 Å². The molecule has 5 nitrogen and oxygen atoms in total. The molecule has 1 rings (SSSR count). The molecule has 120 valence electrons. The Morgan fingerprint density at radius 1 is 1.38 bits per heavy atom. The number of ether oxygens (including phenoxy) is 1. The summed E-state index contributed by atoms with van der Waals surface area (Å²) >= 11 is 0. The number of carbonyl (C=O) groups excluding carboxylic acids is 1. The summed E-state index contributed by atoms with van der Waals surface area (Å²) in [6.07, 6.45) is -0.0250. The molecule has 0 saturated carbocycles. The number of halogens is 1. The van der Waals surface area contributed by atoms with Crippen LogP contribution in [-0.4, -0.2) is 42.2 Å².